The summed E-state index contributed by atoms with van der Waals surface area (Å²) < 4.78 is 1.42. The van der Waals surface area contributed by atoms with Gasteiger partial charge in [0.05, 0.1) is 0 Å². The molecule has 0 spiro atoms. The van der Waals surface area contributed by atoms with Crippen LogP contribution in [0.1, 0.15) is 6.92 Å². The lowest BCUT2D eigenvalue weighted by atomic mass is 10.6. The largest absolute Gasteiger partial charge is 0.269 e. The van der Waals surface area contributed by atoms with Crippen LogP contribution < -0.4 is 0 Å². The van der Waals surface area contributed by atoms with Gasteiger partial charge in [-0.15, -0.1) is 0 Å². The van der Waals surface area contributed by atoms with Gasteiger partial charge in [0.15, 0.2) is 0 Å². The molecule has 1 heterocycles. The van der Waals surface area contributed by atoms with E-state index >= 15 is 0 Å². The minimum Gasteiger partial charge on any atom is -0.269 e. The molecule has 10 heavy (non-hydrogen) atoms. The maximum atomic E-state index is 5.65. The summed E-state index contributed by atoms with van der Waals surface area (Å²) in [7, 11) is 0. The normalized spacial score (nSPS) is 26.0. The van der Waals surface area contributed by atoms with Crippen molar-refractivity contribution in [2.24, 2.45) is 9.98 Å². The highest BCUT2D eigenvalue weighted by molar-refractivity contribution is 7.78. The molecular formula is C4H5Cl2N3S. The highest BCUT2D eigenvalue weighted by Crippen LogP contribution is 2.16. The minimum atomic E-state index is -0.548. The number of hydrogen-bond donors (Lipinski definition) is 1. The zero-order valence-corrected chi connectivity index (χ0v) is 7.53. The van der Waals surface area contributed by atoms with E-state index in [1.54, 1.807) is 6.92 Å². The first-order valence-electron chi connectivity index (χ1n) is 2.52. The molecule has 56 valence electrons. The van der Waals surface area contributed by atoms with E-state index in [0.717, 1.165) is 0 Å². The number of hydrogen-bond acceptors (Lipinski definition) is 4. The second-order valence-electron chi connectivity index (χ2n) is 1.71. The molecule has 0 radical (unpaired) electrons. The topological polar surface area (TPSA) is 28.0 Å². The summed E-state index contributed by atoms with van der Waals surface area (Å²) in [6, 6.07) is 0. The number of thiol groups is 1. The molecule has 1 atom stereocenters. The Balaban J connectivity index is 2.85. The average molecular weight is 198 g/mol. The molecule has 1 rings (SSSR count). The number of halogens is 2. The molecule has 0 N–H and O–H groups in total. The average Bonchev–Trinajstić information content (AvgIpc) is 1.82. The van der Waals surface area contributed by atoms with E-state index in [2.05, 4.69) is 22.8 Å². The monoisotopic (exact) mass is 197 g/mol. The standard InChI is InChI=1S/C4H5Cl2N3S/c1-2-7-3(5)8-4(6)9(2)10/h4,10H,1H3. The van der Waals surface area contributed by atoms with Crippen LogP contribution in [0, 0.1) is 0 Å². The third-order valence-electron chi connectivity index (χ3n) is 1.00. The molecule has 1 unspecified atom stereocenters. The molecule has 0 aromatic carbocycles. The number of nitrogens with zero attached hydrogens (tertiary/aromatic N) is 3. The molecule has 0 fully saturated rings. The van der Waals surface area contributed by atoms with E-state index in [1.807, 2.05) is 0 Å². The fourth-order valence-electron chi connectivity index (χ4n) is 0.510. The Morgan fingerprint density at radius 2 is 2.30 bits per heavy atom. The van der Waals surface area contributed by atoms with Gasteiger partial charge in [0.25, 0.3) is 0 Å². The minimum absolute atomic E-state index is 0.169. The predicted octanol–water partition coefficient (Wildman–Crippen LogP) is 1.68. The molecule has 0 bridgehead atoms. The van der Waals surface area contributed by atoms with Gasteiger partial charge < -0.3 is 0 Å². The van der Waals surface area contributed by atoms with Crippen molar-refractivity contribution in [3.8, 4) is 0 Å². The lowest BCUT2D eigenvalue weighted by Gasteiger charge is -2.22. The Hall–Kier alpha value is 0.0700. The van der Waals surface area contributed by atoms with Crippen molar-refractivity contribution in [1.29, 1.82) is 0 Å². The van der Waals surface area contributed by atoms with Crippen LogP contribution in [0.15, 0.2) is 9.98 Å². The molecule has 0 aliphatic carbocycles. The van der Waals surface area contributed by atoms with E-state index in [-0.39, 0.29) is 5.29 Å². The van der Waals surface area contributed by atoms with Gasteiger partial charge in [0, 0.05) is 0 Å². The molecule has 1 aliphatic heterocycles. The van der Waals surface area contributed by atoms with Gasteiger partial charge in [0.1, 0.15) is 5.84 Å². The van der Waals surface area contributed by atoms with Crippen molar-refractivity contribution in [3.05, 3.63) is 0 Å². The molecule has 0 amide bonds. The highest BCUT2D eigenvalue weighted by atomic mass is 35.5. The van der Waals surface area contributed by atoms with E-state index in [0.29, 0.717) is 5.84 Å². The third kappa shape index (κ3) is 1.56. The second kappa shape index (κ2) is 2.98. The molecule has 6 heteroatoms. The predicted molar refractivity (Wildman–Crippen MR) is 46.9 cm³/mol. The summed E-state index contributed by atoms with van der Waals surface area (Å²) in [5.74, 6) is 0.642. The van der Waals surface area contributed by atoms with E-state index in [4.69, 9.17) is 23.2 Å². The molecule has 0 aromatic heterocycles. The van der Waals surface area contributed by atoms with Crippen LogP contribution in [0.2, 0.25) is 0 Å². The van der Waals surface area contributed by atoms with Crippen LogP contribution in [0.3, 0.4) is 0 Å². The fourth-order valence-corrected chi connectivity index (χ4v) is 1.11. The Kier molecular flexibility index (Phi) is 2.44. The number of aliphatic imine (C=N–C) groups is 2. The Morgan fingerprint density at radius 1 is 1.70 bits per heavy atom. The molecule has 0 aromatic rings. The van der Waals surface area contributed by atoms with Gasteiger partial charge >= 0.3 is 0 Å². The first-order chi connectivity index (χ1) is 4.61. The van der Waals surface area contributed by atoms with Crippen LogP contribution in [0.25, 0.3) is 0 Å². The Morgan fingerprint density at radius 3 is 2.80 bits per heavy atom. The van der Waals surface area contributed by atoms with Gasteiger partial charge in [0.2, 0.25) is 10.9 Å². The van der Waals surface area contributed by atoms with Gasteiger partial charge in [-0.1, -0.05) is 24.4 Å². The maximum Gasteiger partial charge on any atom is 0.222 e. The smallest absolute Gasteiger partial charge is 0.222 e. The van der Waals surface area contributed by atoms with E-state index < -0.39 is 5.62 Å². The fraction of sp³-hybridized carbons (Fsp3) is 0.500. The summed E-state index contributed by atoms with van der Waals surface area (Å²) >= 11 is 15.1. The number of alkyl halides is 1. The third-order valence-corrected chi connectivity index (χ3v) is 2.12. The molecule has 0 saturated carbocycles. The molecule has 0 saturated heterocycles. The van der Waals surface area contributed by atoms with Gasteiger partial charge in [-0.2, -0.15) is 0 Å². The van der Waals surface area contributed by atoms with Crippen LogP contribution in [-0.2, 0) is 0 Å². The molecular weight excluding hydrogens is 193 g/mol. The SMILES string of the molecule is CC1=NC(Cl)=NC(Cl)N1S. The maximum absolute atomic E-state index is 5.65. The van der Waals surface area contributed by atoms with Gasteiger partial charge in [-0.3, -0.25) is 4.31 Å². The summed E-state index contributed by atoms with van der Waals surface area (Å²) in [4.78, 5) is 7.53. The second-order valence-corrected chi connectivity index (χ2v) is 2.87. The van der Waals surface area contributed by atoms with Crippen molar-refractivity contribution in [2.45, 2.75) is 12.5 Å². The van der Waals surface area contributed by atoms with Crippen molar-refractivity contribution in [2.75, 3.05) is 0 Å². The number of amidine groups is 2. The first-order valence-corrected chi connectivity index (χ1v) is 3.73. The lowest BCUT2D eigenvalue weighted by Crippen LogP contribution is -2.29. The van der Waals surface area contributed by atoms with Crippen LogP contribution >= 0.6 is 36.0 Å². The first kappa shape index (κ1) is 8.17. The van der Waals surface area contributed by atoms with E-state index in [1.165, 1.54) is 4.31 Å². The van der Waals surface area contributed by atoms with Crippen molar-refractivity contribution in [3.63, 3.8) is 0 Å². The van der Waals surface area contributed by atoms with Crippen molar-refractivity contribution in [1.82, 2.24) is 4.31 Å². The Bertz CT molecular complexity index is 203. The number of rotatable bonds is 0. The van der Waals surface area contributed by atoms with Gasteiger partial charge in [-0.25, -0.2) is 9.98 Å². The Labute approximate surface area is 74.3 Å². The van der Waals surface area contributed by atoms with Crippen molar-refractivity contribution < 1.29 is 0 Å². The van der Waals surface area contributed by atoms with Crippen LogP contribution in [0.4, 0.5) is 0 Å². The molecule has 3 nitrogen and oxygen atoms in total. The van der Waals surface area contributed by atoms with Crippen LogP contribution in [-0.4, -0.2) is 21.1 Å². The highest BCUT2D eigenvalue weighted by Gasteiger charge is 2.17. The van der Waals surface area contributed by atoms with Crippen LogP contribution in [0.5, 0.6) is 0 Å². The molecule has 1 aliphatic rings. The quantitative estimate of drug-likeness (QED) is 0.358. The van der Waals surface area contributed by atoms with Crippen molar-refractivity contribution >= 4 is 47.1 Å². The summed E-state index contributed by atoms with van der Waals surface area (Å²) in [5, 5.41) is 0.169. The summed E-state index contributed by atoms with van der Waals surface area (Å²) in [6.07, 6.45) is 0. The summed E-state index contributed by atoms with van der Waals surface area (Å²) in [6.45, 7) is 1.75. The van der Waals surface area contributed by atoms with E-state index in [9.17, 15) is 0 Å². The zero-order valence-electron chi connectivity index (χ0n) is 5.12. The summed E-state index contributed by atoms with van der Waals surface area (Å²) in [5.41, 5.74) is -0.548. The zero-order chi connectivity index (χ0) is 7.72. The lowest BCUT2D eigenvalue weighted by molar-refractivity contribution is 0.629. The van der Waals surface area contributed by atoms with Gasteiger partial charge in [-0.05, 0) is 18.5 Å².